The first-order chi connectivity index (χ1) is 7.24. The van der Waals surface area contributed by atoms with Crippen LogP contribution >= 0.6 is 11.6 Å². The lowest BCUT2D eigenvalue weighted by molar-refractivity contribution is -0.119. The lowest BCUT2D eigenvalue weighted by Gasteiger charge is -2.12. The highest BCUT2D eigenvalue weighted by molar-refractivity contribution is 6.29. The Hall–Kier alpha value is -1.29. The van der Waals surface area contributed by atoms with Gasteiger partial charge < -0.3 is 10.6 Å². The van der Waals surface area contributed by atoms with Crippen LogP contribution in [-0.4, -0.2) is 23.5 Å². The van der Waals surface area contributed by atoms with Crippen LogP contribution in [0.1, 0.15) is 12.8 Å². The fraction of sp³-hybridized carbons (Fsp3) is 0.400. The van der Waals surface area contributed by atoms with Crippen LogP contribution in [-0.2, 0) is 4.79 Å². The minimum atomic E-state index is 0.134. The van der Waals surface area contributed by atoms with Gasteiger partial charge in [-0.1, -0.05) is 11.6 Å². The number of pyridine rings is 1. The highest BCUT2D eigenvalue weighted by atomic mass is 35.5. The fourth-order valence-corrected chi connectivity index (χ4v) is 1.76. The van der Waals surface area contributed by atoms with E-state index in [2.05, 4.69) is 15.6 Å². The number of amides is 1. The van der Waals surface area contributed by atoms with Gasteiger partial charge in [-0.2, -0.15) is 0 Å². The molecular formula is C10H12ClN3O. The van der Waals surface area contributed by atoms with Crippen LogP contribution in [0.15, 0.2) is 18.3 Å². The molecule has 1 atom stereocenters. The molecule has 0 radical (unpaired) electrons. The molecule has 0 spiro atoms. The molecule has 80 valence electrons. The molecule has 1 aliphatic heterocycles. The number of hydrogen-bond acceptors (Lipinski definition) is 3. The van der Waals surface area contributed by atoms with Crippen LogP contribution in [0.4, 0.5) is 5.69 Å². The second kappa shape index (κ2) is 4.49. The van der Waals surface area contributed by atoms with Crippen LogP contribution in [0.25, 0.3) is 0 Å². The fourth-order valence-electron chi connectivity index (χ4n) is 1.58. The SMILES string of the molecule is O=C1CCC(CNc2ccnc(Cl)c2)N1. The van der Waals surface area contributed by atoms with Gasteiger partial charge in [-0.15, -0.1) is 0 Å². The molecule has 2 rings (SSSR count). The Morgan fingerprint density at radius 3 is 3.20 bits per heavy atom. The van der Waals surface area contributed by atoms with Crippen molar-refractivity contribution in [3.05, 3.63) is 23.5 Å². The van der Waals surface area contributed by atoms with E-state index in [0.29, 0.717) is 11.6 Å². The number of carbonyl (C=O) groups is 1. The summed E-state index contributed by atoms with van der Waals surface area (Å²) in [5.41, 5.74) is 0.927. The predicted molar refractivity (Wildman–Crippen MR) is 58.9 cm³/mol. The van der Waals surface area contributed by atoms with Crippen molar-refractivity contribution in [1.82, 2.24) is 10.3 Å². The number of nitrogens with one attached hydrogen (secondary N) is 2. The van der Waals surface area contributed by atoms with Gasteiger partial charge in [-0.25, -0.2) is 4.98 Å². The van der Waals surface area contributed by atoms with E-state index < -0.39 is 0 Å². The Labute approximate surface area is 93.0 Å². The molecule has 2 heterocycles. The number of halogens is 1. The molecule has 1 amide bonds. The molecule has 0 saturated carbocycles. The summed E-state index contributed by atoms with van der Waals surface area (Å²) in [6, 6.07) is 3.84. The number of carbonyl (C=O) groups excluding carboxylic acids is 1. The Bertz CT molecular complexity index is 369. The Kier molecular flexibility index (Phi) is 3.06. The van der Waals surface area contributed by atoms with Gasteiger partial charge in [0.05, 0.1) is 0 Å². The van der Waals surface area contributed by atoms with E-state index in [0.717, 1.165) is 18.7 Å². The molecule has 15 heavy (non-hydrogen) atoms. The van der Waals surface area contributed by atoms with Crippen LogP contribution in [0, 0.1) is 0 Å². The summed E-state index contributed by atoms with van der Waals surface area (Å²) in [7, 11) is 0. The third-order valence-electron chi connectivity index (χ3n) is 2.36. The first-order valence-corrected chi connectivity index (χ1v) is 5.26. The normalized spacial score (nSPS) is 20.1. The molecule has 0 bridgehead atoms. The zero-order chi connectivity index (χ0) is 10.7. The predicted octanol–water partition coefficient (Wildman–Crippen LogP) is 1.43. The van der Waals surface area contributed by atoms with E-state index in [4.69, 9.17) is 11.6 Å². The van der Waals surface area contributed by atoms with Crippen molar-refractivity contribution >= 4 is 23.2 Å². The maximum atomic E-state index is 10.9. The summed E-state index contributed by atoms with van der Waals surface area (Å²) in [6.07, 6.45) is 3.17. The van der Waals surface area contributed by atoms with Crippen molar-refractivity contribution in [2.45, 2.75) is 18.9 Å². The molecule has 1 saturated heterocycles. The van der Waals surface area contributed by atoms with E-state index >= 15 is 0 Å². The van der Waals surface area contributed by atoms with Crippen molar-refractivity contribution in [2.75, 3.05) is 11.9 Å². The van der Waals surface area contributed by atoms with Gasteiger partial charge in [0.25, 0.3) is 0 Å². The largest absolute Gasteiger partial charge is 0.383 e. The summed E-state index contributed by atoms with van der Waals surface area (Å²) < 4.78 is 0. The monoisotopic (exact) mass is 225 g/mol. The molecule has 5 heteroatoms. The Balaban J connectivity index is 1.85. The van der Waals surface area contributed by atoms with Crippen molar-refractivity contribution in [1.29, 1.82) is 0 Å². The quantitative estimate of drug-likeness (QED) is 0.766. The van der Waals surface area contributed by atoms with Gasteiger partial charge in [0.15, 0.2) is 0 Å². The van der Waals surface area contributed by atoms with Crippen LogP contribution in [0.2, 0.25) is 5.15 Å². The maximum Gasteiger partial charge on any atom is 0.220 e. The molecule has 0 aliphatic carbocycles. The molecule has 1 aliphatic rings. The van der Waals surface area contributed by atoms with Crippen molar-refractivity contribution in [2.24, 2.45) is 0 Å². The minimum absolute atomic E-state index is 0.134. The molecule has 1 aromatic rings. The second-order valence-corrected chi connectivity index (χ2v) is 3.94. The zero-order valence-corrected chi connectivity index (χ0v) is 8.92. The van der Waals surface area contributed by atoms with Gasteiger partial charge >= 0.3 is 0 Å². The van der Waals surface area contributed by atoms with Crippen LogP contribution in [0.5, 0.6) is 0 Å². The lowest BCUT2D eigenvalue weighted by atomic mass is 10.2. The number of anilines is 1. The van der Waals surface area contributed by atoms with Crippen LogP contribution < -0.4 is 10.6 Å². The summed E-state index contributed by atoms with van der Waals surface area (Å²) in [6.45, 7) is 0.728. The number of aromatic nitrogens is 1. The van der Waals surface area contributed by atoms with Gasteiger partial charge in [0.1, 0.15) is 5.15 Å². The topological polar surface area (TPSA) is 54.0 Å². The van der Waals surface area contributed by atoms with Crippen LogP contribution in [0.3, 0.4) is 0 Å². The molecule has 1 aromatic heterocycles. The molecule has 0 aromatic carbocycles. The minimum Gasteiger partial charge on any atom is -0.383 e. The average Bonchev–Trinajstić information content (AvgIpc) is 2.62. The van der Waals surface area contributed by atoms with Gasteiger partial charge in [-0.05, 0) is 18.6 Å². The lowest BCUT2D eigenvalue weighted by Crippen LogP contribution is -2.31. The summed E-state index contributed by atoms with van der Waals surface area (Å²) in [5.74, 6) is 0.134. The van der Waals surface area contributed by atoms with Gasteiger partial charge in [-0.3, -0.25) is 4.79 Å². The van der Waals surface area contributed by atoms with Crippen molar-refractivity contribution < 1.29 is 4.79 Å². The smallest absolute Gasteiger partial charge is 0.220 e. The second-order valence-electron chi connectivity index (χ2n) is 3.55. The molecule has 1 unspecified atom stereocenters. The summed E-state index contributed by atoms with van der Waals surface area (Å²) in [4.78, 5) is 14.8. The van der Waals surface area contributed by atoms with E-state index in [1.807, 2.05) is 6.07 Å². The Morgan fingerprint density at radius 1 is 1.67 bits per heavy atom. The summed E-state index contributed by atoms with van der Waals surface area (Å²) in [5, 5.41) is 6.57. The van der Waals surface area contributed by atoms with Crippen molar-refractivity contribution in [3.63, 3.8) is 0 Å². The third kappa shape index (κ3) is 2.83. The van der Waals surface area contributed by atoms with E-state index in [9.17, 15) is 4.79 Å². The number of nitrogens with zero attached hydrogens (tertiary/aromatic N) is 1. The Morgan fingerprint density at radius 2 is 2.53 bits per heavy atom. The molecular weight excluding hydrogens is 214 g/mol. The number of rotatable bonds is 3. The van der Waals surface area contributed by atoms with E-state index in [-0.39, 0.29) is 11.9 Å². The first kappa shape index (κ1) is 10.2. The van der Waals surface area contributed by atoms with Gasteiger partial charge in [0.2, 0.25) is 5.91 Å². The standard InChI is InChI=1S/C10H12ClN3O/c11-9-5-7(3-4-12-9)13-6-8-1-2-10(15)14-8/h3-5,8H,1-2,6H2,(H,12,13)(H,14,15). The zero-order valence-electron chi connectivity index (χ0n) is 8.16. The summed E-state index contributed by atoms with van der Waals surface area (Å²) >= 11 is 5.74. The molecule has 2 N–H and O–H groups in total. The third-order valence-corrected chi connectivity index (χ3v) is 2.57. The van der Waals surface area contributed by atoms with E-state index in [1.54, 1.807) is 12.3 Å². The first-order valence-electron chi connectivity index (χ1n) is 4.89. The van der Waals surface area contributed by atoms with Gasteiger partial charge in [0, 0.05) is 30.9 Å². The number of hydrogen-bond donors (Lipinski definition) is 2. The van der Waals surface area contributed by atoms with E-state index in [1.165, 1.54) is 0 Å². The highest BCUT2D eigenvalue weighted by Crippen LogP contribution is 2.13. The molecule has 4 nitrogen and oxygen atoms in total. The molecule has 1 fully saturated rings. The maximum absolute atomic E-state index is 10.9. The van der Waals surface area contributed by atoms with Crippen molar-refractivity contribution in [3.8, 4) is 0 Å². The average molecular weight is 226 g/mol. The highest BCUT2D eigenvalue weighted by Gasteiger charge is 2.19.